The standard InChI is InChI=1S/C22H22F6N2O4S/c1-20(2,35(32,33)17-5-3-4-14(10-17)22(26,27)28)15-8-16(9-15)30-19(31)13-6-7-18(29-11-13)34-12-21(23,24)25/h3-7,10-11,15-16H,8-9,12H2,1-2H3,(H,30,31)/t15-,16+. The third kappa shape index (κ3) is 6.06. The molecule has 6 nitrogen and oxygen atoms in total. The van der Waals surface area contributed by atoms with Gasteiger partial charge in [0.25, 0.3) is 5.91 Å². The largest absolute Gasteiger partial charge is 0.468 e. The van der Waals surface area contributed by atoms with E-state index in [-0.39, 0.29) is 30.3 Å². The van der Waals surface area contributed by atoms with Crippen molar-refractivity contribution in [1.29, 1.82) is 0 Å². The lowest BCUT2D eigenvalue weighted by molar-refractivity contribution is -0.154. The van der Waals surface area contributed by atoms with Crippen molar-refractivity contribution in [1.82, 2.24) is 10.3 Å². The summed E-state index contributed by atoms with van der Waals surface area (Å²) in [5.74, 6) is -1.28. The Balaban J connectivity index is 1.60. The topological polar surface area (TPSA) is 85.4 Å². The Morgan fingerprint density at radius 1 is 1.09 bits per heavy atom. The molecule has 1 amide bonds. The van der Waals surface area contributed by atoms with E-state index in [0.717, 1.165) is 30.5 Å². The van der Waals surface area contributed by atoms with Crippen LogP contribution in [-0.4, -0.2) is 42.9 Å². The fraction of sp³-hybridized carbons (Fsp3) is 0.455. The number of rotatable bonds is 7. The Morgan fingerprint density at radius 3 is 2.29 bits per heavy atom. The van der Waals surface area contributed by atoms with Crippen molar-refractivity contribution in [3.8, 4) is 5.88 Å². The summed E-state index contributed by atoms with van der Waals surface area (Å²) in [5, 5.41) is 2.69. The second kappa shape index (κ2) is 9.32. The molecule has 35 heavy (non-hydrogen) atoms. The van der Waals surface area contributed by atoms with E-state index in [4.69, 9.17) is 0 Å². The van der Waals surface area contributed by atoms with Crippen molar-refractivity contribution in [3.63, 3.8) is 0 Å². The maximum atomic E-state index is 13.1. The van der Waals surface area contributed by atoms with Gasteiger partial charge >= 0.3 is 12.4 Å². The monoisotopic (exact) mass is 524 g/mol. The minimum atomic E-state index is -4.68. The number of sulfone groups is 1. The molecule has 3 rings (SSSR count). The van der Waals surface area contributed by atoms with Gasteiger partial charge in [0.05, 0.1) is 20.8 Å². The Hall–Kier alpha value is -2.83. The van der Waals surface area contributed by atoms with Crippen molar-refractivity contribution in [2.75, 3.05) is 6.61 Å². The maximum absolute atomic E-state index is 13.1. The second-order valence-corrected chi connectivity index (χ2v) is 11.3. The first kappa shape index (κ1) is 26.8. The highest BCUT2D eigenvalue weighted by molar-refractivity contribution is 7.92. The van der Waals surface area contributed by atoms with Crippen LogP contribution in [0.5, 0.6) is 5.88 Å². The molecule has 1 fully saturated rings. The molecule has 1 aromatic heterocycles. The van der Waals surface area contributed by atoms with Gasteiger partial charge in [-0.05, 0) is 56.9 Å². The van der Waals surface area contributed by atoms with E-state index in [2.05, 4.69) is 15.0 Å². The Kier molecular flexibility index (Phi) is 7.13. The van der Waals surface area contributed by atoms with Gasteiger partial charge in [-0.25, -0.2) is 13.4 Å². The number of nitrogens with one attached hydrogen (secondary N) is 1. The van der Waals surface area contributed by atoms with Crippen LogP contribution in [0.3, 0.4) is 0 Å². The van der Waals surface area contributed by atoms with Crippen LogP contribution in [0.2, 0.25) is 0 Å². The zero-order valence-corrected chi connectivity index (χ0v) is 19.4. The fourth-order valence-corrected chi connectivity index (χ4v) is 5.47. The number of ether oxygens (including phenoxy) is 1. The van der Waals surface area contributed by atoms with Gasteiger partial charge in [0.2, 0.25) is 5.88 Å². The van der Waals surface area contributed by atoms with E-state index in [0.29, 0.717) is 6.07 Å². The summed E-state index contributed by atoms with van der Waals surface area (Å²) in [7, 11) is -4.12. The Morgan fingerprint density at radius 2 is 1.74 bits per heavy atom. The van der Waals surface area contributed by atoms with Crippen molar-refractivity contribution in [2.24, 2.45) is 5.92 Å². The number of halogens is 6. The molecule has 0 unspecified atom stereocenters. The number of carbonyl (C=O) groups is 1. The summed E-state index contributed by atoms with van der Waals surface area (Å²) in [6.45, 7) is 1.36. The molecule has 13 heteroatoms. The molecule has 0 bridgehead atoms. The zero-order chi connectivity index (χ0) is 26.2. The molecule has 1 aliphatic rings. The number of alkyl halides is 6. The number of hydrogen-bond acceptors (Lipinski definition) is 5. The lowest BCUT2D eigenvalue weighted by atomic mass is 9.73. The fourth-order valence-electron chi connectivity index (χ4n) is 3.69. The third-order valence-corrected chi connectivity index (χ3v) is 8.60. The van der Waals surface area contributed by atoms with Gasteiger partial charge in [-0.2, -0.15) is 26.3 Å². The minimum absolute atomic E-state index is 0.0728. The zero-order valence-electron chi connectivity index (χ0n) is 18.6. The van der Waals surface area contributed by atoms with Gasteiger partial charge < -0.3 is 10.1 Å². The smallest absolute Gasteiger partial charge is 0.422 e. The lowest BCUT2D eigenvalue weighted by Gasteiger charge is -2.45. The Bertz CT molecular complexity index is 1170. The van der Waals surface area contributed by atoms with E-state index in [1.165, 1.54) is 19.9 Å². The molecule has 2 aromatic rings. The first-order valence-electron chi connectivity index (χ1n) is 10.4. The van der Waals surface area contributed by atoms with E-state index in [1.807, 2.05) is 0 Å². The summed E-state index contributed by atoms with van der Waals surface area (Å²) in [5.41, 5.74) is -0.986. The average Bonchev–Trinajstić information content (AvgIpc) is 2.73. The van der Waals surface area contributed by atoms with Crippen LogP contribution in [0.4, 0.5) is 26.3 Å². The lowest BCUT2D eigenvalue weighted by Crippen LogP contribution is -2.53. The summed E-state index contributed by atoms with van der Waals surface area (Å²) in [6.07, 6.45) is -7.60. The van der Waals surface area contributed by atoms with Gasteiger partial charge in [0.1, 0.15) is 0 Å². The average molecular weight is 524 g/mol. The molecule has 1 saturated carbocycles. The number of pyridine rings is 1. The van der Waals surface area contributed by atoms with Crippen LogP contribution in [0.15, 0.2) is 47.5 Å². The Labute approximate surface area is 197 Å². The summed E-state index contributed by atoms with van der Waals surface area (Å²) in [4.78, 5) is 15.6. The summed E-state index contributed by atoms with van der Waals surface area (Å²) in [6, 6.07) is 5.56. The van der Waals surface area contributed by atoms with Gasteiger partial charge in [-0.15, -0.1) is 0 Å². The number of benzene rings is 1. The highest BCUT2D eigenvalue weighted by atomic mass is 32.2. The maximum Gasteiger partial charge on any atom is 0.422 e. The van der Waals surface area contributed by atoms with Crippen molar-refractivity contribution < 1.29 is 44.3 Å². The van der Waals surface area contributed by atoms with Crippen LogP contribution < -0.4 is 10.1 Å². The highest BCUT2D eigenvalue weighted by Crippen LogP contribution is 2.44. The quantitative estimate of drug-likeness (QED) is 0.526. The van der Waals surface area contributed by atoms with Gasteiger partial charge in [0.15, 0.2) is 16.4 Å². The van der Waals surface area contributed by atoms with Gasteiger partial charge in [0, 0.05) is 18.3 Å². The second-order valence-electron chi connectivity index (χ2n) is 8.76. The molecule has 0 aliphatic heterocycles. The van der Waals surface area contributed by atoms with E-state index < -0.39 is 55.8 Å². The first-order valence-corrected chi connectivity index (χ1v) is 11.9. The number of hydrogen-bond donors (Lipinski definition) is 1. The summed E-state index contributed by atoms with van der Waals surface area (Å²) >= 11 is 0. The van der Waals surface area contributed by atoms with Crippen molar-refractivity contribution >= 4 is 15.7 Å². The molecule has 1 aliphatic carbocycles. The van der Waals surface area contributed by atoms with Crippen LogP contribution >= 0.6 is 0 Å². The van der Waals surface area contributed by atoms with Crippen LogP contribution in [-0.2, 0) is 16.0 Å². The normalized spacial score (nSPS) is 19.1. The van der Waals surface area contributed by atoms with Crippen LogP contribution in [0.1, 0.15) is 42.6 Å². The van der Waals surface area contributed by atoms with Crippen LogP contribution in [0.25, 0.3) is 0 Å². The van der Waals surface area contributed by atoms with Crippen molar-refractivity contribution in [2.45, 2.75) is 54.7 Å². The number of nitrogens with zero attached hydrogens (tertiary/aromatic N) is 1. The number of amides is 1. The molecular weight excluding hydrogens is 502 g/mol. The molecule has 192 valence electrons. The molecule has 0 radical (unpaired) electrons. The SMILES string of the molecule is CC(C)([C@H]1C[C@@H](NC(=O)c2ccc(OCC(F)(F)F)nc2)C1)S(=O)(=O)c1cccc(C(F)(F)F)c1. The van der Waals surface area contributed by atoms with Crippen LogP contribution in [0, 0.1) is 5.92 Å². The predicted octanol–water partition coefficient (Wildman–Crippen LogP) is 4.80. The number of aromatic nitrogens is 1. The molecule has 0 saturated heterocycles. The van der Waals surface area contributed by atoms with Crippen molar-refractivity contribution in [3.05, 3.63) is 53.7 Å². The minimum Gasteiger partial charge on any atom is -0.468 e. The molecule has 0 spiro atoms. The van der Waals surface area contributed by atoms with Gasteiger partial charge in [-0.3, -0.25) is 4.79 Å². The third-order valence-electron chi connectivity index (χ3n) is 6.00. The predicted molar refractivity (Wildman–Crippen MR) is 112 cm³/mol. The molecule has 1 heterocycles. The first-order chi connectivity index (χ1) is 16.0. The van der Waals surface area contributed by atoms with E-state index >= 15 is 0 Å². The molecule has 0 atom stereocenters. The molecule has 1 aromatic carbocycles. The summed E-state index contributed by atoms with van der Waals surface area (Å²) < 4.78 is 105. The highest BCUT2D eigenvalue weighted by Gasteiger charge is 2.49. The van der Waals surface area contributed by atoms with E-state index in [9.17, 15) is 39.6 Å². The van der Waals surface area contributed by atoms with Gasteiger partial charge in [-0.1, -0.05) is 6.07 Å². The number of carbonyl (C=O) groups excluding carboxylic acids is 1. The van der Waals surface area contributed by atoms with E-state index in [1.54, 1.807) is 0 Å². The molecule has 1 N–H and O–H groups in total. The molecular formula is C22H22F6N2O4S.